The lowest BCUT2D eigenvalue weighted by molar-refractivity contribution is -0.132. The van der Waals surface area contributed by atoms with Gasteiger partial charge in [0, 0.05) is 23.8 Å². The predicted octanol–water partition coefficient (Wildman–Crippen LogP) is 3.76. The summed E-state index contributed by atoms with van der Waals surface area (Å²) in [4.78, 5) is 27.9. The smallest absolute Gasteiger partial charge is 0.314 e. The maximum Gasteiger partial charge on any atom is 0.314 e. The maximum absolute atomic E-state index is 12.0. The van der Waals surface area contributed by atoms with E-state index in [1.165, 1.54) is 0 Å². The van der Waals surface area contributed by atoms with Crippen molar-refractivity contribution in [2.45, 2.75) is 6.92 Å². The van der Waals surface area contributed by atoms with Crippen LogP contribution in [0.1, 0.15) is 5.56 Å². The number of hydrogen-bond donors (Lipinski definition) is 2. The molecule has 0 saturated carbocycles. The highest BCUT2D eigenvalue weighted by molar-refractivity contribution is 6.43. The lowest BCUT2D eigenvalue weighted by Gasteiger charge is -2.08. The van der Waals surface area contributed by atoms with Gasteiger partial charge in [0.1, 0.15) is 11.5 Å². The van der Waals surface area contributed by atoms with Gasteiger partial charge in [-0.1, -0.05) is 12.1 Å². The summed E-state index contributed by atoms with van der Waals surface area (Å²) in [7, 11) is 0. The molecule has 1 aromatic heterocycles. The van der Waals surface area contributed by atoms with Crippen LogP contribution in [0.2, 0.25) is 0 Å². The van der Waals surface area contributed by atoms with E-state index in [2.05, 4.69) is 15.6 Å². The van der Waals surface area contributed by atoms with E-state index in [0.29, 0.717) is 22.9 Å². The average molecular weight is 347 g/mol. The van der Waals surface area contributed by atoms with Gasteiger partial charge in [0.05, 0.1) is 0 Å². The molecule has 0 atom stereocenters. The molecule has 6 nitrogen and oxygen atoms in total. The van der Waals surface area contributed by atoms with Crippen LogP contribution in [-0.4, -0.2) is 16.8 Å². The number of amides is 2. The molecule has 0 unspecified atom stereocenters. The molecule has 130 valence electrons. The summed E-state index contributed by atoms with van der Waals surface area (Å²) in [6.07, 6.45) is 3.27. The monoisotopic (exact) mass is 347 g/mol. The third-order valence-electron chi connectivity index (χ3n) is 3.48. The lowest BCUT2D eigenvalue weighted by atomic mass is 10.2. The van der Waals surface area contributed by atoms with Crippen molar-refractivity contribution in [1.29, 1.82) is 0 Å². The molecule has 1 heterocycles. The first-order valence-corrected chi connectivity index (χ1v) is 7.97. The van der Waals surface area contributed by atoms with E-state index in [9.17, 15) is 9.59 Å². The van der Waals surface area contributed by atoms with E-state index in [0.717, 1.165) is 5.56 Å². The van der Waals surface area contributed by atoms with Crippen LogP contribution in [-0.2, 0) is 9.59 Å². The van der Waals surface area contributed by atoms with Gasteiger partial charge < -0.3 is 15.4 Å². The third-order valence-corrected chi connectivity index (χ3v) is 3.48. The van der Waals surface area contributed by atoms with E-state index < -0.39 is 11.8 Å². The number of carbonyl (C=O) groups excluding carboxylic acids is 2. The first kappa shape index (κ1) is 17.2. The zero-order valence-corrected chi connectivity index (χ0v) is 14.1. The molecule has 0 fully saturated rings. The third kappa shape index (κ3) is 4.67. The molecule has 2 aromatic carbocycles. The summed E-state index contributed by atoms with van der Waals surface area (Å²) in [5.41, 5.74) is 2.07. The first-order valence-electron chi connectivity index (χ1n) is 7.97. The van der Waals surface area contributed by atoms with Gasteiger partial charge in [-0.3, -0.25) is 14.6 Å². The quantitative estimate of drug-likeness (QED) is 0.704. The van der Waals surface area contributed by atoms with Crippen molar-refractivity contribution in [2.24, 2.45) is 0 Å². The van der Waals surface area contributed by atoms with Gasteiger partial charge in [-0.2, -0.15) is 0 Å². The number of rotatable bonds is 4. The highest BCUT2D eigenvalue weighted by atomic mass is 16.5. The van der Waals surface area contributed by atoms with Crippen LogP contribution in [0, 0.1) is 6.92 Å². The van der Waals surface area contributed by atoms with Gasteiger partial charge in [-0.25, -0.2) is 0 Å². The first-order chi connectivity index (χ1) is 12.6. The van der Waals surface area contributed by atoms with Gasteiger partial charge in [-0.05, 0) is 61.0 Å². The standard InChI is InChI=1S/C20H17N3O3/c1-14-3-2-4-16(13-14)23-20(25)19(24)22-15-5-7-17(8-6-15)26-18-9-11-21-12-10-18/h2-13H,1H3,(H,22,24)(H,23,25). The van der Waals surface area contributed by atoms with Crippen molar-refractivity contribution in [3.63, 3.8) is 0 Å². The fraction of sp³-hybridized carbons (Fsp3) is 0.0500. The molecule has 0 bridgehead atoms. The van der Waals surface area contributed by atoms with Gasteiger partial charge in [0.25, 0.3) is 0 Å². The van der Waals surface area contributed by atoms with Crippen molar-refractivity contribution in [3.8, 4) is 11.5 Å². The maximum atomic E-state index is 12.0. The average Bonchev–Trinajstić information content (AvgIpc) is 2.64. The van der Waals surface area contributed by atoms with E-state index >= 15 is 0 Å². The second-order valence-electron chi connectivity index (χ2n) is 5.59. The number of pyridine rings is 1. The predicted molar refractivity (Wildman–Crippen MR) is 99.2 cm³/mol. The summed E-state index contributed by atoms with van der Waals surface area (Å²) < 4.78 is 5.64. The Balaban J connectivity index is 1.58. The Morgan fingerprint density at radius 2 is 1.42 bits per heavy atom. The van der Waals surface area contributed by atoms with Crippen molar-refractivity contribution in [3.05, 3.63) is 78.6 Å². The molecule has 3 aromatic rings. The van der Waals surface area contributed by atoms with Crippen molar-refractivity contribution >= 4 is 23.2 Å². The highest BCUT2D eigenvalue weighted by Crippen LogP contribution is 2.22. The molecule has 0 spiro atoms. The fourth-order valence-corrected chi connectivity index (χ4v) is 2.25. The molecule has 0 aliphatic rings. The molecule has 26 heavy (non-hydrogen) atoms. The minimum atomic E-state index is -0.741. The van der Waals surface area contributed by atoms with Crippen LogP contribution < -0.4 is 15.4 Å². The largest absolute Gasteiger partial charge is 0.457 e. The number of nitrogens with one attached hydrogen (secondary N) is 2. The van der Waals surface area contributed by atoms with Crippen molar-refractivity contribution in [2.75, 3.05) is 10.6 Å². The normalized spacial score (nSPS) is 10.0. The number of aryl methyl sites for hydroxylation is 1. The van der Waals surface area contributed by atoms with E-state index in [4.69, 9.17) is 4.74 Å². The summed E-state index contributed by atoms with van der Waals surface area (Å²) in [6, 6.07) is 17.4. The van der Waals surface area contributed by atoms with E-state index in [-0.39, 0.29) is 0 Å². The zero-order valence-electron chi connectivity index (χ0n) is 14.1. The summed E-state index contributed by atoms with van der Waals surface area (Å²) in [5.74, 6) is -0.199. The Bertz CT molecular complexity index is 909. The second kappa shape index (κ2) is 7.94. The van der Waals surface area contributed by atoms with Crippen molar-refractivity contribution in [1.82, 2.24) is 4.98 Å². The van der Waals surface area contributed by atoms with Crippen LogP contribution >= 0.6 is 0 Å². The Morgan fingerprint density at radius 3 is 2.08 bits per heavy atom. The number of anilines is 2. The molecule has 0 aliphatic heterocycles. The van der Waals surface area contributed by atoms with Crippen LogP contribution in [0.5, 0.6) is 11.5 Å². The van der Waals surface area contributed by atoms with Crippen LogP contribution in [0.25, 0.3) is 0 Å². The molecule has 0 aliphatic carbocycles. The fourth-order valence-electron chi connectivity index (χ4n) is 2.25. The Hall–Kier alpha value is -3.67. The Labute approximate surface area is 150 Å². The topological polar surface area (TPSA) is 80.3 Å². The number of hydrogen-bond acceptors (Lipinski definition) is 4. The SMILES string of the molecule is Cc1cccc(NC(=O)C(=O)Nc2ccc(Oc3ccncc3)cc2)c1. The highest BCUT2D eigenvalue weighted by Gasteiger charge is 2.14. The molecule has 0 saturated heterocycles. The van der Waals surface area contributed by atoms with Gasteiger partial charge >= 0.3 is 11.8 Å². The van der Waals surface area contributed by atoms with Crippen LogP contribution in [0.4, 0.5) is 11.4 Å². The zero-order chi connectivity index (χ0) is 18.4. The molecule has 2 amide bonds. The minimum Gasteiger partial charge on any atom is -0.457 e. The summed E-state index contributed by atoms with van der Waals surface area (Å²) in [6.45, 7) is 1.91. The van der Waals surface area contributed by atoms with Crippen molar-refractivity contribution < 1.29 is 14.3 Å². The van der Waals surface area contributed by atoms with Crippen LogP contribution in [0.3, 0.4) is 0 Å². The molecule has 6 heteroatoms. The minimum absolute atomic E-state index is 0.497. The lowest BCUT2D eigenvalue weighted by Crippen LogP contribution is -2.29. The number of ether oxygens (including phenoxy) is 1. The second-order valence-corrected chi connectivity index (χ2v) is 5.59. The molecular formula is C20H17N3O3. The molecule has 2 N–H and O–H groups in total. The van der Waals surface area contributed by atoms with Gasteiger partial charge in [-0.15, -0.1) is 0 Å². The number of nitrogens with zero attached hydrogens (tertiary/aromatic N) is 1. The van der Waals surface area contributed by atoms with E-state index in [1.807, 2.05) is 19.1 Å². The summed E-state index contributed by atoms with van der Waals surface area (Å²) in [5, 5.41) is 5.12. The Morgan fingerprint density at radius 1 is 0.808 bits per heavy atom. The van der Waals surface area contributed by atoms with Crippen LogP contribution in [0.15, 0.2) is 73.1 Å². The number of carbonyl (C=O) groups is 2. The van der Waals surface area contributed by atoms with E-state index in [1.54, 1.807) is 60.9 Å². The van der Waals surface area contributed by atoms with Gasteiger partial charge in [0.15, 0.2) is 0 Å². The molecule has 3 rings (SSSR count). The number of benzene rings is 2. The summed E-state index contributed by atoms with van der Waals surface area (Å²) >= 11 is 0. The number of aromatic nitrogens is 1. The Kier molecular flexibility index (Phi) is 5.24. The molecular weight excluding hydrogens is 330 g/mol. The van der Waals surface area contributed by atoms with Gasteiger partial charge in [0.2, 0.25) is 0 Å². The molecule has 0 radical (unpaired) electrons.